The van der Waals surface area contributed by atoms with Crippen LogP contribution in [0, 0.1) is 11.7 Å². The second-order valence-corrected chi connectivity index (χ2v) is 7.47. The standard InChI is InChI=1S/C25H25FN2O6/c1-4-33-24(31)16-6-10-18(11-7-16)27-21(29)14-20-22(25(32)34-5-2)15(3)28(23(20)30)19-12-8-17(26)9-13-19/h6-13,20H,4-5,14H2,1-3H3,(H,27,29)/t20-/m0/s1. The first-order valence-corrected chi connectivity index (χ1v) is 10.8. The highest BCUT2D eigenvalue weighted by Gasteiger charge is 2.43. The van der Waals surface area contributed by atoms with E-state index in [1.54, 1.807) is 32.9 Å². The molecule has 34 heavy (non-hydrogen) atoms. The molecule has 0 spiro atoms. The van der Waals surface area contributed by atoms with Gasteiger partial charge in [0.05, 0.1) is 30.3 Å². The monoisotopic (exact) mass is 468 g/mol. The predicted molar refractivity (Wildman–Crippen MR) is 122 cm³/mol. The Morgan fingerprint density at radius 2 is 1.53 bits per heavy atom. The molecule has 1 heterocycles. The van der Waals surface area contributed by atoms with E-state index in [-0.39, 0.29) is 25.2 Å². The van der Waals surface area contributed by atoms with Crippen LogP contribution in [0.15, 0.2) is 59.8 Å². The lowest BCUT2D eigenvalue weighted by atomic mass is 9.96. The van der Waals surface area contributed by atoms with Gasteiger partial charge in [-0.15, -0.1) is 0 Å². The van der Waals surface area contributed by atoms with Gasteiger partial charge in [-0.25, -0.2) is 14.0 Å². The number of carbonyl (C=O) groups excluding carboxylic acids is 4. The van der Waals surface area contributed by atoms with E-state index in [0.717, 1.165) is 0 Å². The number of allylic oxidation sites excluding steroid dienone is 1. The summed E-state index contributed by atoms with van der Waals surface area (Å²) in [6, 6.07) is 11.4. The van der Waals surface area contributed by atoms with Gasteiger partial charge in [0, 0.05) is 23.5 Å². The van der Waals surface area contributed by atoms with Gasteiger partial charge in [-0.3, -0.25) is 14.5 Å². The second kappa shape index (κ2) is 10.7. The molecule has 1 atom stereocenters. The Morgan fingerprint density at radius 1 is 0.941 bits per heavy atom. The van der Waals surface area contributed by atoms with Crippen LogP contribution in [0.4, 0.5) is 15.8 Å². The van der Waals surface area contributed by atoms with Gasteiger partial charge in [0.2, 0.25) is 11.8 Å². The van der Waals surface area contributed by atoms with Crippen molar-refractivity contribution in [2.45, 2.75) is 27.2 Å². The molecular weight excluding hydrogens is 443 g/mol. The molecule has 8 nitrogen and oxygen atoms in total. The minimum atomic E-state index is -1.07. The normalized spacial score (nSPS) is 15.4. The molecule has 0 saturated heterocycles. The van der Waals surface area contributed by atoms with Crippen LogP contribution in [0.3, 0.4) is 0 Å². The molecule has 0 aliphatic carbocycles. The molecule has 2 aromatic rings. The lowest BCUT2D eigenvalue weighted by Crippen LogP contribution is -2.31. The number of hydrogen-bond donors (Lipinski definition) is 1. The number of ether oxygens (including phenoxy) is 2. The number of esters is 2. The fourth-order valence-electron chi connectivity index (χ4n) is 3.72. The number of hydrogen-bond acceptors (Lipinski definition) is 6. The molecule has 2 amide bonds. The van der Waals surface area contributed by atoms with Crippen molar-refractivity contribution < 1.29 is 33.0 Å². The van der Waals surface area contributed by atoms with Crippen molar-refractivity contribution in [2.75, 3.05) is 23.4 Å². The van der Waals surface area contributed by atoms with E-state index in [0.29, 0.717) is 22.6 Å². The van der Waals surface area contributed by atoms with Crippen molar-refractivity contribution in [3.63, 3.8) is 0 Å². The SMILES string of the molecule is CCOC(=O)C1=C(C)N(c2ccc(F)cc2)C(=O)[C@H]1CC(=O)Nc1ccc(C(=O)OCC)cc1. The molecular formula is C25H25FN2O6. The maximum atomic E-state index is 13.4. The zero-order valence-corrected chi connectivity index (χ0v) is 19.1. The van der Waals surface area contributed by atoms with Crippen LogP contribution >= 0.6 is 0 Å². The summed E-state index contributed by atoms with van der Waals surface area (Å²) < 4.78 is 23.4. The first kappa shape index (κ1) is 24.6. The quantitative estimate of drug-likeness (QED) is 0.591. The molecule has 0 fully saturated rings. The van der Waals surface area contributed by atoms with Crippen molar-refractivity contribution in [3.8, 4) is 0 Å². The van der Waals surface area contributed by atoms with Gasteiger partial charge in [0.1, 0.15) is 5.82 Å². The number of benzene rings is 2. The summed E-state index contributed by atoms with van der Waals surface area (Å²) in [5, 5.41) is 2.67. The van der Waals surface area contributed by atoms with E-state index < -0.39 is 35.5 Å². The molecule has 0 radical (unpaired) electrons. The number of anilines is 2. The molecule has 1 N–H and O–H groups in total. The number of amides is 2. The van der Waals surface area contributed by atoms with Crippen LogP contribution < -0.4 is 10.2 Å². The van der Waals surface area contributed by atoms with Gasteiger partial charge in [-0.05, 0) is 69.3 Å². The maximum absolute atomic E-state index is 13.4. The van der Waals surface area contributed by atoms with Crippen LogP contribution in [-0.2, 0) is 23.9 Å². The topological polar surface area (TPSA) is 102 Å². The molecule has 1 aliphatic heterocycles. The third-order valence-corrected chi connectivity index (χ3v) is 5.24. The zero-order chi connectivity index (χ0) is 24.8. The highest BCUT2D eigenvalue weighted by atomic mass is 19.1. The van der Waals surface area contributed by atoms with Crippen LogP contribution in [0.5, 0.6) is 0 Å². The summed E-state index contributed by atoms with van der Waals surface area (Å²) in [5.74, 6) is -3.68. The Morgan fingerprint density at radius 3 is 2.12 bits per heavy atom. The minimum absolute atomic E-state index is 0.0870. The molecule has 0 aromatic heterocycles. The second-order valence-electron chi connectivity index (χ2n) is 7.47. The van der Waals surface area contributed by atoms with Crippen molar-refractivity contribution in [2.24, 2.45) is 5.92 Å². The first-order chi connectivity index (χ1) is 16.3. The van der Waals surface area contributed by atoms with E-state index in [9.17, 15) is 23.6 Å². The Hall–Kier alpha value is -4.01. The molecule has 1 aliphatic rings. The molecule has 0 unspecified atom stereocenters. The van der Waals surface area contributed by atoms with Crippen molar-refractivity contribution in [1.29, 1.82) is 0 Å². The maximum Gasteiger partial charge on any atom is 0.338 e. The number of rotatable bonds is 8. The van der Waals surface area contributed by atoms with Gasteiger partial charge in [-0.2, -0.15) is 0 Å². The van der Waals surface area contributed by atoms with E-state index >= 15 is 0 Å². The van der Waals surface area contributed by atoms with Crippen LogP contribution in [0.1, 0.15) is 37.6 Å². The Bertz CT molecular complexity index is 1130. The van der Waals surface area contributed by atoms with Crippen LogP contribution in [0.2, 0.25) is 0 Å². The van der Waals surface area contributed by atoms with Crippen molar-refractivity contribution in [1.82, 2.24) is 0 Å². The molecule has 3 rings (SSSR count). The summed E-state index contributed by atoms with van der Waals surface area (Å²) in [5.41, 5.74) is 1.54. The fourth-order valence-corrected chi connectivity index (χ4v) is 3.72. The molecule has 0 saturated carbocycles. The molecule has 9 heteroatoms. The van der Waals surface area contributed by atoms with E-state index in [1.807, 2.05) is 0 Å². The zero-order valence-electron chi connectivity index (χ0n) is 19.1. The van der Waals surface area contributed by atoms with Crippen molar-refractivity contribution in [3.05, 3.63) is 71.2 Å². The number of nitrogens with zero attached hydrogens (tertiary/aromatic N) is 1. The Kier molecular flexibility index (Phi) is 7.78. The van der Waals surface area contributed by atoms with Gasteiger partial charge in [0.25, 0.3) is 0 Å². The Balaban J connectivity index is 1.80. The van der Waals surface area contributed by atoms with Crippen LogP contribution in [0.25, 0.3) is 0 Å². The summed E-state index contributed by atoms with van der Waals surface area (Å²) in [4.78, 5) is 51.7. The van der Waals surface area contributed by atoms with E-state index in [2.05, 4.69) is 5.32 Å². The van der Waals surface area contributed by atoms with Gasteiger partial charge in [-0.1, -0.05) is 0 Å². The lowest BCUT2D eigenvalue weighted by Gasteiger charge is -2.19. The lowest BCUT2D eigenvalue weighted by molar-refractivity contribution is -0.140. The van der Waals surface area contributed by atoms with Gasteiger partial charge < -0.3 is 14.8 Å². The largest absolute Gasteiger partial charge is 0.463 e. The third kappa shape index (κ3) is 5.31. The predicted octanol–water partition coefficient (Wildman–Crippen LogP) is 3.83. The molecule has 2 aromatic carbocycles. The number of carbonyl (C=O) groups is 4. The fraction of sp³-hybridized carbons (Fsp3) is 0.280. The highest BCUT2D eigenvalue weighted by Crippen LogP contribution is 2.36. The smallest absolute Gasteiger partial charge is 0.338 e. The van der Waals surface area contributed by atoms with E-state index in [1.165, 1.54) is 41.3 Å². The van der Waals surface area contributed by atoms with Crippen molar-refractivity contribution >= 4 is 35.1 Å². The summed E-state index contributed by atoms with van der Waals surface area (Å²) in [6.07, 6.45) is -0.304. The Labute approximate surface area is 196 Å². The van der Waals surface area contributed by atoms with Gasteiger partial charge >= 0.3 is 11.9 Å². The highest BCUT2D eigenvalue weighted by molar-refractivity contribution is 6.12. The first-order valence-electron chi connectivity index (χ1n) is 10.8. The van der Waals surface area contributed by atoms with E-state index in [4.69, 9.17) is 9.47 Å². The number of halogens is 1. The summed E-state index contributed by atoms with van der Waals surface area (Å²) in [6.45, 7) is 5.28. The summed E-state index contributed by atoms with van der Waals surface area (Å²) >= 11 is 0. The average Bonchev–Trinajstić information content (AvgIpc) is 3.04. The van der Waals surface area contributed by atoms with Gasteiger partial charge in [0.15, 0.2) is 0 Å². The average molecular weight is 468 g/mol. The molecule has 178 valence electrons. The molecule has 0 bridgehead atoms. The minimum Gasteiger partial charge on any atom is -0.463 e. The number of nitrogens with one attached hydrogen (secondary N) is 1. The van der Waals surface area contributed by atoms with Crippen LogP contribution in [-0.4, -0.2) is 37.0 Å². The summed E-state index contributed by atoms with van der Waals surface area (Å²) in [7, 11) is 0. The third-order valence-electron chi connectivity index (χ3n) is 5.24.